The zero-order chi connectivity index (χ0) is 14.0. The third-order valence-electron chi connectivity index (χ3n) is 2.96. The molecule has 1 aromatic carbocycles. The molecule has 0 radical (unpaired) electrons. The fourth-order valence-electron chi connectivity index (χ4n) is 1.94. The predicted molar refractivity (Wildman–Crippen MR) is 63.5 cm³/mol. The number of aliphatic hydroxyl groups excluding tert-OH is 1. The lowest BCUT2D eigenvalue weighted by Gasteiger charge is -2.32. The van der Waals surface area contributed by atoms with Crippen molar-refractivity contribution in [3.05, 3.63) is 29.3 Å². The minimum absolute atomic E-state index is 0.0863. The number of morpholine rings is 1. The SMILES string of the molecule is Nc1ccc(F)c(C(=O)N2CCOC(CO)C2)c1F. The van der Waals surface area contributed by atoms with Crippen LogP contribution in [0.15, 0.2) is 12.1 Å². The van der Waals surface area contributed by atoms with Gasteiger partial charge in [0, 0.05) is 13.1 Å². The van der Waals surface area contributed by atoms with Crippen LogP contribution in [0.4, 0.5) is 14.5 Å². The van der Waals surface area contributed by atoms with Crippen LogP contribution < -0.4 is 5.73 Å². The molecule has 19 heavy (non-hydrogen) atoms. The van der Waals surface area contributed by atoms with Crippen molar-refractivity contribution in [2.75, 3.05) is 32.0 Å². The van der Waals surface area contributed by atoms with Gasteiger partial charge in [0.15, 0.2) is 5.82 Å². The first kappa shape index (κ1) is 13.7. The number of aliphatic hydroxyl groups is 1. The number of hydrogen-bond acceptors (Lipinski definition) is 4. The lowest BCUT2D eigenvalue weighted by molar-refractivity contribution is -0.0449. The first-order chi connectivity index (χ1) is 9.04. The number of rotatable bonds is 2. The quantitative estimate of drug-likeness (QED) is 0.763. The highest BCUT2D eigenvalue weighted by Gasteiger charge is 2.29. The van der Waals surface area contributed by atoms with Crippen molar-refractivity contribution in [2.45, 2.75) is 6.10 Å². The van der Waals surface area contributed by atoms with Crippen LogP contribution in [0, 0.1) is 11.6 Å². The summed E-state index contributed by atoms with van der Waals surface area (Å²) in [6, 6.07) is 2.02. The van der Waals surface area contributed by atoms with E-state index in [1.165, 1.54) is 4.90 Å². The number of nitrogens with zero attached hydrogens (tertiary/aromatic N) is 1. The second-order valence-corrected chi connectivity index (χ2v) is 4.25. The number of hydrogen-bond donors (Lipinski definition) is 2. The topological polar surface area (TPSA) is 75.8 Å². The van der Waals surface area contributed by atoms with E-state index in [-0.39, 0.29) is 32.0 Å². The molecule has 1 aromatic rings. The van der Waals surface area contributed by atoms with Crippen LogP contribution in [0.5, 0.6) is 0 Å². The van der Waals surface area contributed by atoms with Crippen molar-refractivity contribution in [1.82, 2.24) is 4.90 Å². The summed E-state index contributed by atoms with van der Waals surface area (Å²) in [6.45, 7) is 0.250. The molecule has 1 unspecified atom stereocenters. The molecule has 1 amide bonds. The molecule has 0 spiro atoms. The minimum atomic E-state index is -1.06. The molecule has 104 valence electrons. The molecule has 0 bridgehead atoms. The number of nitrogen functional groups attached to an aromatic ring is 1. The summed E-state index contributed by atoms with van der Waals surface area (Å²) in [5.74, 6) is -2.80. The normalized spacial score (nSPS) is 19.5. The molecule has 2 rings (SSSR count). The van der Waals surface area contributed by atoms with Gasteiger partial charge in [-0.25, -0.2) is 8.78 Å². The summed E-state index contributed by atoms with van der Waals surface area (Å²) in [5, 5.41) is 8.98. The number of halogens is 2. The van der Waals surface area contributed by atoms with Gasteiger partial charge in [0.25, 0.3) is 5.91 Å². The first-order valence-corrected chi connectivity index (χ1v) is 5.79. The van der Waals surface area contributed by atoms with E-state index in [1.54, 1.807) is 0 Å². The summed E-state index contributed by atoms with van der Waals surface area (Å²) in [5.41, 5.74) is 4.38. The Bertz CT molecular complexity index is 496. The van der Waals surface area contributed by atoms with Crippen molar-refractivity contribution in [1.29, 1.82) is 0 Å². The van der Waals surface area contributed by atoms with E-state index in [0.717, 1.165) is 12.1 Å². The molecule has 1 aliphatic rings. The number of ether oxygens (including phenoxy) is 1. The van der Waals surface area contributed by atoms with E-state index < -0.39 is 29.2 Å². The minimum Gasteiger partial charge on any atom is -0.396 e. The Morgan fingerprint density at radius 2 is 2.26 bits per heavy atom. The second-order valence-electron chi connectivity index (χ2n) is 4.25. The maximum Gasteiger partial charge on any atom is 0.260 e. The van der Waals surface area contributed by atoms with E-state index >= 15 is 0 Å². The van der Waals surface area contributed by atoms with Crippen molar-refractivity contribution >= 4 is 11.6 Å². The van der Waals surface area contributed by atoms with Gasteiger partial charge in [-0.2, -0.15) is 0 Å². The molecule has 7 heteroatoms. The van der Waals surface area contributed by atoms with Crippen LogP contribution in [0.1, 0.15) is 10.4 Å². The van der Waals surface area contributed by atoms with Gasteiger partial charge in [-0.05, 0) is 12.1 Å². The average Bonchev–Trinajstić information content (AvgIpc) is 2.43. The highest BCUT2D eigenvalue weighted by atomic mass is 19.1. The van der Waals surface area contributed by atoms with Crippen molar-refractivity contribution in [3.63, 3.8) is 0 Å². The summed E-state index contributed by atoms with van der Waals surface area (Å²) in [4.78, 5) is 13.3. The summed E-state index contributed by atoms with van der Waals surface area (Å²) in [7, 11) is 0. The maximum absolute atomic E-state index is 13.8. The highest BCUT2D eigenvalue weighted by molar-refractivity contribution is 5.95. The second kappa shape index (κ2) is 5.50. The first-order valence-electron chi connectivity index (χ1n) is 5.79. The Morgan fingerprint density at radius 3 is 2.95 bits per heavy atom. The number of benzene rings is 1. The fourth-order valence-corrected chi connectivity index (χ4v) is 1.94. The molecule has 3 N–H and O–H groups in total. The van der Waals surface area contributed by atoms with Crippen LogP contribution in [-0.4, -0.2) is 48.3 Å². The van der Waals surface area contributed by atoms with Gasteiger partial charge in [-0.3, -0.25) is 4.79 Å². The smallest absolute Gasteiger partial charge is 0.260 e. The molecular formula is C12H14F2N2O3. The van der Waals surface area contributed by atoms with Crippen molar-refractivity contribution in [3.8, 4) is 0 Å². The Kier molecular flexibility index (Phi) is 3.96. The van der Waals surface area contributed by atoms with Gasteiger partial charge in [0.2, 0.25) is 0 Å². The van der Waals surface area contributed by atoms with Crippen LogP contribution in [0.2, 0.25) is 0 Å². The number of carbonyl (C=O) groups is 1. The number of nitrogens with two attached hydrogens (primary N) is 1. The van der Waals surface area contributed by atoms with Crippen molar-refractivity contribution in [2.24, 2.45) is 0 Å². The Morgan fingerprint density at radius 1 is 1.53 bits per heavy atom. The van der Waals surface area contributed by atoms with Gasteiger partial charge < -0.3 is 20.5 Å². The Hall–Kier alpha value is -1.73. The van der Waals surface area contributed by atoms with Crippen LogP contribution in [0.25, 0.3) is 0 Å². The highest BCUT2D eigenvalue weighted by Crippen LogP contribution is 2.21. The van der Waals surface area contributed by atoms with Crippen LogP contribution in [0.3, 0.4) is 0 Å². The summed E-state index contributed by atoms with van der Waals surface area (Å²) >= 11 is 0. The van der Waals surface area contributed by atoms with Crippen LogP contribution >= 0.6 is 0 Å². The fraction of sp³-hybridized carbons (Fsp3) is 0.417. The van der Waals surface area contributed by atoms with E-state index in [9.17, 15) is 13.6 Å². The van der Waals surface area contributed by atoms with Gasteiger partial charge >= 0.3 is 0 Å². The van der Waals surface area contributed by atoms with E-state index in [2.05, 4.69) is 0 Å². The molecule has 1 saturated heterocycles. The van der Waals surface area contributed by atoms with Gasteiger partial charge in [0.05, 0.1) is 25.0 Å². The average molecular weight is 272 g/mol. The van der Waals surface area contributed by atoms with Crippen molar-refractivity contribution < 1.29 is 23.4 Å². The van der Waals surface area contributed by atoms with Gasteiger partial charge in [-0.15, -0.1) is 0 Å². The standard InChI is InChI=1S/C12H14F2N2O3/c13-8-1-2-9(15)11(14)10(8)12(18)16-3-4-19-7(5-16)6-17/h1-2,7,17H,3-6,15H2. The van der Waals surface area contributed by atoms with Gasteiger partial charge in [0.1, 0.15) is 11.4 Å². The summed E-state index contributed by atoms with van der Waals surface area (Å²) < 4.78 is 32.5. The zero-order valence-corrected chi connectivity index (χ0v) is 10.1. The third kappa shape index (κ3) is 2.66. The van der Waals surface area contributed by atoms with E-state index in [0.29, 0.717) is 0 Å². The summed E-state index contributed by atoms with van der Waals surface area (Å²) in [6.07, 6.45) is -0.537. The third-order valence-corrected chi connectivity index (χ3v) is 2.96. The number of carbonyl (C=O) groups excluding carboxylic acids is 1. The molecule has 0 saturated carbocycles. The maximum atomic E-state index is 13.8. The molecule has 0 aromatic heterocycles. The monoisotopic (exact) mass is 272 g/mol. The van der Waals surface area contributed by atoms with E-state index in [1.807, 2.05) is 0 Å². The molecule has 1 heterocycles. The van der Waals surface area contributed by atoms with E-state index in [4.69, 9.17) is 15.6 Å². The Balaban J connectivity index is 2.27. The van der Waals surface area contributed by atoms with Gasteiger partial charge in [-0.1, -0.05) is 0 Å². The lowest BCUT2D eigenvalue weighted by atomic mass is 10.1. The zero-order valence-electron chi connectivity index (χ0n) is 10.1. The molecule has 1 fully saturated rings. The molecule has 1 aliphatic heterocycles. The predicted octanol–water partition coefficient (Wildman–Crippen LogP) is 0.380. The Labute approximate surface area is 108 Å². The number of amides is 1. The molecule has 5 nitrogen and oxygen atoms in total. The lowest BCUT2D eigenvalue weighted by Crippen LogP contribution is -2.47. The van der Waals surface area contributed by atoms with Crippen LogP contribution in [-0.2, 0) is 4.74 Å². The number of anilines is 1. The largest absolute Gasteiger partial charge is 0.396 e. The molecule has 0 aliphatic carbocycles. The molecular weight excluding hydrogens is 258 g/mol. The molecule has 1 atom stereocenters.